The van der Waals surface area contributed by atoms with E-state index in [0.29, 0.717) is 28.2 Å². The van der Waals surface area contributed by atoms with Crippen LogP contribution in [-0.4, -0.2) is 51.3 Å². The number of hydrogen-bond acceptors (Lipinski definition) is 8. The van der Waals surface area contributed by atoms with Gasteiger partial charge in [-0.2, -0.15) is 0 Å². The second-order valence-electron chi connectivity index (χ2n) is 11.1. The topological polar surface area (TPSA) is 81.6 Å². The van der Waals surface area contributed by atoms with E-state index in [1.807, 2.05) is 85.5 Å². The molecule has 0 fully saturated rings. The molecule has 0 saturated heterocycles. The minimum atomic E-state index is -0.233. The maximum atomic E-state index is 13.6. The molecule has 2 aliphatic rings. The molecule has 3 aromatic rings. The number of hydrogen-bond donors (Lipinski definition) is 1. The molecule has 1 atom stereocenters. The van der Waals surface area contributed by atoms with Crippen LogP contribution in [0.15, 0.2) is 88.6 Å². The van der Waals surface area contributed by atoms with E-state index < -0.39 is 0 Å². The van der Waals surface area contributed by atoms with Crippen LogP contribution in [0.3, 0.4) is 0 Å². The second-order valence-corrected chi connectivity index (χ2v) is 12.1. The van der Waals surface area contributed by atoms with Crippen molar-refractivity contribution in [3.8, 4) is 23.0 Å². The summed E-state index contributed by atoms with van der Waals surface area (Å²) in [5.74, 6) is 2.96. The second kappa shape index (κ2) is 14.6. The quantitative estimate of drug-likeness (QED) is 0.251. The zero-order chi connectivity index (χ0) is 31.9. The Morgan fingerprint density at radius 1 is 0.911 bits per heavy atom. The predicted molar refractivity (Wildman–Crippen MR) is 183 cm³/mol. The van der Waals surface area contributed by atoms with E-state index in [-0.39, 0.29) is 23.7 Å². The van der Waals surface area contributed by atoms with Crippen LogP contribution >= 0.6 is 11.8 Å². The molecule has 0 spiro atoms. The van der Waals surface area contributed by atoms with E-state index >= 15 is 0 Å². The van der Waals surface area contributed by atoms with E-state index in [9.17, 15) is 4.79 Å². The van der Waals surface area contributed by atoms with Gasteiger partial charge in [-0.15, -0.1) is 0 Å². The number of aliphatic imine (C=N–C) groups is 1. The molecule has 0 bridgehead atoms. The maximum absolute atomic E-state index is 13.6. The lowest BCUT2D eigenvalue weighted by Crippen LogP contribution is -2.39. The molecule has 236 valence electrons. The van der Waals surface area contributed by atoms with E-state index in [0.717, 1.165) is 41.8 Å². The Morgan fingerprint density at radius 3 is 2.24 bits per heavy atom. The van der Waals surface area contributed by atoms with Crippen molar-refractivity contribution < 1.29 is 23.7 Å². The van der Waals surface area contributed by atoms with E-state index in [1.165, 1.54) is 22.9 Å². The summed E-state index contributed by atoms with van der Waals surface area (Å²) in [6.07, 6.45) is 5.01. The SMILES string of the molecule is COc1ccc(/C=C2\CCCC3=C2NC(SCC(=O)N(c2ccccc2)C(C)C)=N[C@@H]3c2ccc(OC)c(OC)c2)cc1OC. The Balaban J connectivity index is 1.50. The molecule has 1 heterocycles. The van der Waals surface area contributed by atoms with Gasteiger partial charge in [-0.3, -0.25) is 4.79 Å². The number of thioether (sulfide) groups is 1. The molecule has 8 nitrogen and oxygen atoms in total. The van der Waals surface area contributed by atoms with E-state index in [2.05, 4.69) is 11.4 Å². The molecule has 0 unspecified atom stereocenters. The summed E-state index contributed by atoms with van der Waals surface area (Å²) >= 11 is 1.43. The molecule has 0 radical (unpaired) electrons. The van der Waals surface area contributed by atoms with Gasteiger partial charge in [-0.1, -0.05) is 42.1 Å². The first kappa shape index (κ1) is 32.0. The molecule has 0 saturated carbocycles. The van der Waals surface area contributed by atoms with Crippen LogP contribution in [0.4, 0.5) is 5.69 Å². The number of anilines is 1. The average Bonchev–Trinajstić information content (AvgIpc) is 3.07. The minimum Gasteiger partial charge on any atom is -0.493 e. The lowest BCUT2D eigenvalue weighted by molar-refractivity contribution is -0.116. The largest absolute Gasteiger partial charge is 0.493 e. The van der Waals surface area contributed by atoms with Gasteiger partial charge in [0.15, 0.2) is 28.2 Å². The van der Waals surface area contributed by atoms with Gasteiger partial charge >= 0.3 is 0 Å². The third-order valence-corrected chi connectivity index (χ3v) is 8.84. The van der Waals surface area contributed by atoms with Gasteiger partial charge in [0.2, 0.25) is 5.91 Å². The monoisotopic (exact) mass is 627 g/mol. The van der Waals surface area contributed by atoms with Gasteiger partial charge in [-0.25, -0.2) is 4.99 Å². The molecular formula is C36H41N3O5S. The van der Waals surface area contributed by atoms with Crippen LogP contribution < -0.4 is 29.2 Å². The molecule has 3 aromatic carbocycles. The van der Waals surface area contributed by atoms with Crippen molar-refractivity contribution in [3.63, 3.8) is 0 Å². The third kappa shape index (κ3) is 7.14. The van der Waals surface area contributed by atoms with Crippen molar-refractivity contribution in [1.82, 2.24) is 5.32 Å². The Bertz CT molecular complexity index is 1620. The number of amides is 1. The highest BCUT2D eigenvalue weighted by atomic mass is 32.2. The molecule has 0 aromatic heterocycles. The Labute approximate surface area is 270 Å². The van der Waals surface area contributed by atoms with Gasteiger partial charge in [0, 0.05) is 17.4 Å². The van der Waals surface area contributed by atoms with Gasteiger partial charge in [0.05, 0.1) is 34.2 Å². The first-order valence-corrected chi connectivity index (χ1v) is 16.1. The minimum absolute atomic E-state index is 0.0185. The number of nitrogens with zero attached hydrogens (tertiary/aromatic N) is 2. The number of rotatable bonds is 10. The van der Waals surface area contributed by atoms with Crippen LogP contribution in [0.2, 0.25) is 0 Å². The van der Waals surface area contributed by atoms with Crippen LogP contribution in [0.1, 0.15) is 50.3 Å². The fourth-order valence-corrected chi connectivity index (χ4v) is 6.63. The van der Waals surface area contributed by atoms with Gasteiger partial charge < -0.3 is 29.2 Å². The summed E-state index contributed by atoms with van der Waals surface area (Å²) < 4.78 is 22.2. The van der Waals surface area contributed by atoms with Crippen LogP contribution in [0.5, 0.6) is 23.0 Å². The Morgan fingerprint density at radius 2 is 1.58 bits per heavy atom. The molecule has 45 heavy (non-hydrogen) atoms. The fourth-order valence-electron chi connectivity index (χ4n) is 5.87. The maximum Gasteiger partial charge on any atom is 0.237 e. The van der Waals surface area contributed by atoms with Crippen molar-refractivity contribution >= 4 is 34.6 Å². The van der Waals surface area contributed by atoms with Crippen molar-refractivity contribution in [2.45, 2.75) is 45.2 Å². The molecule has 5 rings (SSSR count). The standard InChI is InChI=1S/C36H41N3O5S/c1-23(2)39(27-12-8-7-9-13-27)33(40)22-45-36-37-34-25(19-24-15-17-29(41-3)31(20-24)43-5)11-10-14-28(34)35(38-36)26-16-18-30(42-4)32(21-26)44-6/h7-9,12-13,15-21,23,35H,10-11,14,22H2,1-6H3,(H,37,38)/b25-19+/t35-/m1/s1. The number of methoxy groups -OCH3 is 4. The van der Waals surface area contributed by atoms with Crippen molar-refractivity contribution in [2.24, 2.45) is 4.99 Å². The predicted octanol–water partition coefficient (Wildman–Crippen LogP) is 7.42. The smallest absolute Gasteiger partial charge is 0.237 e. The van der Waals surface area contributed by atoms with Gasteiger partial charge in [-0.05, 0) is 97.9 Å². The first-order valence-electron chi connectivity index (χ1n) is 15.1. The molecular weight excluding hydrogens is 586 g/mol. The zero-order valence-electron chi connectivity index (χ0n) is 26.8. The molecule has 1 aliphatic heterocycles. The van der Waals surface area contributed by atoms with E-state index in [4.69, 9.17) is 23.9 Å². The number of amidine groups is 1. The number of allylic oxidation sites excluding steroid dienone is 1. The normalized spacial score (nSPS) is 16.9. The summed E-state index contributed by atoms with van der Waals surface area (Å²) in [4.78, 5) is 20.6. The van der Waals surface area contributed by atoms with Crippen LogP contribution in [0.25, 0.3) is 6.08 Å². The highest BCUT2D eigenvalue weighted by Gasteiger charge is 2.31. The number of nitrogens with one attached hydrogen (secondary N) is 1. The van der Waals surface area contributed by atoms with Crippen molar-refractivity contribution in [3.05, 3.63) is 94.7 Å². The summed E-state index contributed by atoms with van der Waals surface area (Å²) in [6.45, 7) is 4.06. The fraction of sp³-hybridized carbons (Fsp3) is 0.333. The number of para-hydroxylation sites is 1. The summed E-state index contributed by atoms with van der Waals surface area (Å²) in [5.41, 5.74) is 6.36. The average molecular weight is 628 g/mol. The zero-order valence-corrected chi connectivity index (χ0v) is 27.6. The lowest BCUT2D eigenvalue weighted by atomic mass is 9.84. The van der Waals surface area contributed by atoms with Crippen LogP contribution in [-0.2, 0) is 4.79 Å². The van der Waals surface area contributed by atoms with E-state index in [1.54, 1.807) is 28.4 Å². The number of benzene rings is 3. The highest BCUT2D eigenvalue weighted by molar-refractivity contribution is 8.14. The van der Waals surface area contributed by atoms with Crippen LogP contribution in [0, 0.1) is 0 Å². The van der Waals surface area contributed by atoms with Gasteiger partial charge in [0.25, 0.3) is 0 Å². The Kier molecular flexibility index (Phi) is 10.4. The summed E-state index contributed by atoms with van der Waals surface area (Å²) in [5, 5.41) is 4.34. The number of ether oxygens (including phenoxy) is 4. The summed E-state index contributed by atoms with van der Waals surface area (Å²) in [6, 6.07) is 21.5. The lowest BCUT2D eigenvalue weighted by Gasteiger charge is -2.33. The summed E-state index contributed by atoms with van der Waals surface area (Å²) in [7, 11) is 6.56. The number of carbonyl (C=O) groups is 1. The Hall–Kier alpha value is -4.37. The highest BCUT2D eigenvalue weighted by Crippen LogP contribution is 2.43. The molecule has 1 amide bonds. The third-order valence-electron chi connectivity index (χ3n) is 7.97. The number of carbonyl (C=O) groups excluding carboxylic acids is 1. The first-order chi connectivity index (χ1) is 21.9. The molecule has 1 N–H and O–H groups in total. The molecule has 9 heteroatoms. The van der Waals surface area contributed by atoms with Crippen molar-refractivity contribution in [1.29, 1.82) is 0 Å². The van der Waals surface area contributed by atoms with Gasteiger partial charge in [0.1, 0.15) is 6.04 Å². The van der Waals surface area contributed by atoms with Crippen molar-refractivity contribution in [2.75, 3.05) is 39.1 Å². The molecule has 1 aliphatic carbocycles.